The molecular formula is C24H28N6O3. The van der Waals surface area contributed by atoms with Gasteiger partial charge in [0.1, 0.15) is 17.7 Å². The van der Waals surface area contributed by atoms with Gasteiger partial charge in [-0.05, 0) is 31.4 Å². The first-order valence-electron chi connectivity index (χ1n) is 11.5. The normalized spacial score (nSPS) is 21.0. The SMILES string of the molecule is O=C(O)CC(c1nc2ccccc2[nH]1)N1CCN(CCCC2C=CC3=CCCNC3=N2)C1=O. The second-order valence-corrected chi connectivity index (χ2v) is 8.64. The zero-order valence-electron chi connectivity index (χ0n) is 18.4. The number of fused-ring (bicyclic) bond motifs is 2. The number of urea groups is 1. The lowest BCUT2D eigenvalue weighted by atomic mass is 10.0. The molecule has 2 atom stereocenters. The number of carbonyl (C=O) groups is 2. The summed E-state index contributed by atoms with van der Waals surface area (Å²) in [6, 6.07) is 6.91. The van der Waals surface area contributed by atoms with Crippen LogP contribution in [0.1, 0.15) is 37.5 Å². The van der Waals surface area contributed by atoms with Gasteiger partial charge in [-0.3, -0.25) is 9.79 Å². The number of aliphatic carboxylic acids is 1. The van der Waals surface area contributed by atoms with E-state index in [-0.39, 0.29) is 18.5 Å². The van der Waals surface area contributed by atoms with Crippen molar-refractivity contribution in [3.63, 3.8) is 0 Å². The Hall–Kier alpha value is -3.62. The highest BCUT2D eigenvalue weighted by Gasteiger charge is 2.36. The molecule has 4 heterocycles. The summed E-state index contributed by atoms with van der Waals surface area (Å²) in [5.41, 5.74) is 2.76. The van der Waals surface area contributed by atoms with Crippen LogP contribution in [0, 0.1) is 0 Å². The van der Waals surface area contributed by atoms with E-state index in [1.54, 1.807) is 9.80 Å². The largest absolute Gasteiger partial charge is 0.481 e. The zero-order valence-corrected chi connectivity index (χ0v) is 18.4. The number of imidazole rings is 1. The monoisotopic (exact) mass is 448 g/mol. The van der Waals surface area contributed by atoms with E-state index in [4.69, 9.17) is 4.99 Å². The quantitative estimate of drug-likeness (QED) is 0.575. The molecule has 0 spiro atoms. The second-order valence-electron chi connectivity index (χ2n) is 8.64. The summed E-state index contributed by atoms with van der Waals surface area (Å²) in [6.45, 7) is 2.61. The molecule has 1 fully saturated rings. The van der Waals surface area contributed by atoms with Crippen molar-refractivity contribution in [1.29, 1.82) is 0 Å². The Morgan fingerprint density at radius 2 is 2.15 bits per heavy atom. The average Bonchev–Trinajstić information content (AvgIpc) is 3.41. The first-order chi connectivity index (χ1) is 16.1. The fourth-order valence-corrected chi connectivity index (χ4v) is 4.71. The number of amides is 2. The van der Waals surface area contributed by atoms with Crippen molar-refractivity contribution >= 4 is 28.9 Å². The lowest BCUT2D eigenvalue weighted by Gasteiger charge is -2.26. The number of H-pyrrole nitrogens is 1. The summed E-state index contributed by atoms with van der Waals surface area (Å²) < 4.78 is 0. The number of nitrogens with zero attached hydrogens (tertiary/aromatic N) is 4. The summed E-state index contributed by atoms with van der Waals surface area (Å²) in [7, 11) is 0. The summed E-state index contributed by atoms with van der Waals surface area (Å²) in [5.74, 6) is 0.528. The Morgan fingerprint density at radius 3 is 3.00 bits per heavy atom. The molecular weight excluding hydrogens is 420 g/mol. The van der Waals surface area contributed by atoms with E-state index >= 15 is 0 Å². The smallest absolute Gasteiger partial charge is 0.320 e. The molecule has 5 rings (SSSR count). The van der Waals surface area contributed by atoms with Crippen molar-refractivity contribution in [3.8, 4) is 0 Å². The fraction of sp³-hybridized carbons (Fsp3) is 0.417. The Morgan fingerprint density at radius 1 is 1.27 bits per heavy atom. The highest BCUT2D eigenvalue weighted by molar-refractivity contribution is 6.02. The van der Waals surface area contributed by atoms with Crippen LogP contribution in [0.3, 0.4) is 0 Å². The van der Waals surface area contributed by atoms with E-state index in [9.17, 15) is 14.7 Å². The fourth-order valence-electron chi connectivity index (χ4n) is 4.71. The summed E-state index contributed by atoms with van der Waals surface area (Å²) >= 11 is 0. The van der Waals surface area contributed by atoms with Crippen LogP contribution in [0.2, 0.25) is 0 Å². The van der Waals surface area contributed by atoms with Crippen molar-refractivity contribution < 1.29 is 14.7 Å². The number of hydrogen-bond donors (Lipinski definition) is 3. The van der Waals surface area contributed by atoms with Crippen LogP contribution in [-0.2, 0) is 4.79 Å². The number of hydrogen-bond acceptors (Lipinski definition) is 5. The first kappa shape index (κ1) is 21.2. The van der Waals surface area contributed by atoms with Gasteiger partial charge in [0.05, 0.1) is 23.5 Å². The van der Waals surface area contributed by atoms with Gasteiger partial charge in [-0.25, -0.2) is 9.78 Å². The standard InChI is InChI=1S/C24H28N6O3/c31-21(32)15-20(23-27-18-7-1-2-8-19(18)28-23)30-14-13-29(24(30)33)12-4-6-17-10-9-16-5-3-11-25-22(16)26-17/h1-2,5,7-10,17,20H,3-4,6,11-15H2,(H,25,26)(H,27,28)(H,31,32). The maximum absolute atomic E-state index is 13.1. The van der Waals surface area contributed by atoms with E-state index in [0.29, 0.717) is 25.5 Å². The molecule has 0 aliphatic carbocycles. The number of para-hydroxylation sites is 2. The molecule has 2 unspecified atom stereocenters. The third kappa shape index (κ3) is 4.48. The van der Waals surface area contributed by atoms with Gasteiger partial charge < -0.3 is 25.2 Å². The number of aromatic amines is 1. The van der Waals surface area contributed by atoms with Crippen molar-refractivity contribution in [2.45, 2.75) is 37.8 Å². The maximum atomic E-state index is 13.1. The molecule has 2 aromatic rings. The number of amidine groups is 1. The number of dihydropyridines is 1. The summed E-state index contributed by atoms with van der Waals surface area (Å²) in [6.07, 6.45) is 8.99. The highest BCUT2D eigenvalue weighted by Crippen LogP contribution is 2.28. The van der Waals surface area contributed by atoms with Gasteiger partial charge in [-0.15, -0.1) is 0 Å². The van der Waals surface area contributed by atoms with Gasteiger partial charge in [-0.1, -0.05) is 30.4 Å². The number of carbonyl (C=O) groups excluding carboxylic acids is 1. The molecule has 9 nitrogen and oxygen atoms in total. The van der Waals surface area contributed by atoms with Crippen LogP contribution in [0.5, 0.6) is 0 Å². The van der Waals surface area contributed by atoms with Crippen LogP contribution in [-0.4, -0.2) is 74.9 Å². The van der Waals surface area contributed by atoms with Crippen LogP contribution in [0.15, 0.2) is 53.1 Å². The first-order valence-corrected chi connectivity index (χ1v) is 11.5. The minimum Gasteiger partial charge on any atom is -0.481 e. The van der Waals surface area contributed by atoms with E-state index in [0.717, 1.165) is 48.2 Å². The van der Waals surface area contributed by atoms with Crippen LogP contribution in [0.4, 0.5) is 4.79 Å². The van der Waals surface area contributed by atoms with E-state index in [1.807, 2.05) is 24.3 Å². The molecule has 9 heteroatoms. The number of benzene rings is 1. The molecule has 0 saturated carbocycles. The third-order valence-electron chi connectivity index (χ3n) is 6.39. The van der Waals surface area contributed by atoms with Gasteiger partial charge in [0.2, 0.25) is 0 Å². The minimum absolute atomic E-state index is 0.117. The van der Waals surface area contributed by atoms with Crippen molar-refractivity contribution in [2.75, 3.05) is 26.2 Å². The van der Waals surface area contributed by atoms with Crippen molar-refractivity contribution in [1.82, 2.24) is 25.1 Å². The lowest BCUT2D eigenvalue weighted by Crippen LogP contribution is -2.36. The predicted molar refractivity (Wildman–Crippen MR) is 125 cm³/mol. The third-order valence-corrected chi connectivity index (χ3v) is 6.39. The minimum atomic E-state index is -0.959. The van der Waals surface area contributed by atoms with Crippen molar-refractivity contribution in [2.24, 2.45) is 4.99 Å². The van der Waals surface area contributed by atoms with Crippen LogP contribution >= 0.6 is 0 Å². The molecule has 1 saturated heterocycles. The molecule has 3 aliphatic heterocycles. The summed E-state index contributed by atoms with van der Waals surface area (Å²) in [5, 5.41) is 12.8. The van der Waals surface area contributed by atoms with Crippen LogP contribution in [0.25, 0.3) is 11.0 Å². The van der Waals surface area contributed by atoms with E-state index < -0.39 is 12.0 Å². The Bertz CT molecular complexity index is 1120. The van der Waals surface area contributed by atoms with Gasteiger partial charge in [0, 0.05) is 31.8 Å². The average molecular weight is 449 g/mol. The molecule has 1 aromatic heterocycles. The number of aliphatic imine (C=N–C) groups is 1. The van der Waals surface area contributed by atoms with Gasteiger partial charge >= 0.3 is 12.0 Å². The molecule has 1 aromatic carbocycles. The van der Waals surface area contributed by atoms with E-state index in [1.165, 1.54) is 0 Å². The predicted octanol–water partition coefficient (Wildman–Crippen LogP) is 2.85. The number of carboxylic acids is 1. The highest BCUT2D eigenvalue weighted by atomic mass is 16.4. The molecule has 3 aliphatic rings. The Balaban J connectivity index is 1.22. The topological polar surface area (TPSA) is 114 Å². The number of rotatable bonds is 8. The van der Waals surface area contributed by atoms with Gasteiger partial charge in [0.15, 0.2) is 0 Å². The van der Waals surface area contributed by atoms with Crippen molar-refractivity contribution in [3.05, 3.63) is 53.9 Å². The molecule has 0 bridgehead atoms. The molecule has 0 radical (unpaired) electrons. The molecule has 33 heavy (non-hydrogen) atoms. The number of nitrogens with one attached hydrogen (secondary N) is 2. The summed E-state index contributed by atoms with van der Waals surface area (Å²) in [4.78, 5) is 40.7. The zero-order chi connectivity index (χ0) is 22.8. The van der Waals surface area contributed by atoms with E-state index in [2.05, 4.69) is 33.5 Å². The molecule has 3 N–H and O–H groups in total. The lowest BCUT2D eigenvalue weighted by molar-refractivity contribution is -0.138. The maximum Gasteiger partial charge on any atom is 0.320 e. The van der Waals surface area contributed by atoms with Gasteiger partial charge in [0.25, 0.3) is 0 Å². The Labute approximate surface area is 191 Å². The second kappa shape index (κ2) is 9.09. The van der Waals surface area contributed by atoms with Gasteiger partial charge in [-0.2, -0.15) is 0 Å². The number of carboxylic acid groups (broad SMARTS) is 1. The number of aromatic nitrogens is 2. The molecule has 172 valence electrons. The Kier molecular flexibility index (Phi) is 5.85. The molecule has 2 amide bonds. The van der Waals surface area contributed by atoms with Crippen LogP contribution < -0.4 is 5.32 Å².